The second-order valence-electron chi connectivity index (χ2n) is 6.70. The van der Waals surface area contributed by atoms with E-state index >= 15 is 0 Å². The summed E-state index contributed by atoms with van der Waals surface area (Å²) < 4.78 is 16.9. The first-order valence-electron chi connectivity index (χ1n) is 9.03. The van der Waals surface area contributed by atoms with Gasteiger partial charge < -0.3 is 19.5 Å². The monoisotopic (exact) mass is 406 g/mol. The molecule has 5 nitrogen and oxygen atoms in total. The van der Waals surface area contributed by atoms with Gasteiger partial charge in [0.15, 0.2) is 11.5 Å². The number of rotatable bonds is 6. The molecule has 1 saturated carbocycles. The van der Waals surface area contributed by atoms with Crippen LogP contribution in [0.4, 0.5) is 0 Å². The molecule has 1 aromatic carbocycles. The molecule has 1 heterocycles. The van der Waals surface area contributed by atoms with Crippen molar-refractivity contribution >= 4 is 24.8 Å². The van der Waals surface area contributed by atoms with Crippen molar-refractivity contribution in [2.45, 2.75) is 31.7 Å². The third kappa shape index (κ3) is 4.69. The lowest BCUT2D eigenvalue weighted by molar-refractivity contribution is 0.122. The Morgan fingerprint density at radius 2 is 1.54 bits per heavy atom. The number of nitrogens with one attached hydrogen (secondary N) is 1. The Morgan fingerprint density at radius 1 is 0.923 bits per heavy atom. The van der Waals surface area contributed by atoms with Crippen molar-refractivity contribution in [3.63, 3.8) is 0 Å². The number of benzene rings is 1. The number of methoxy groups -OCH3 is 3. The van der Waals surface area contributed by atoms with Gasteiger partial charge in [-0.05, 0) is 30.9 Å². The van der Waals surface area contributed by atoms with E-state index in [-0.39, 0.29) is 24.8 Å². The lowest BCUT2D eigenvalue weighted by Crippen LogP contribution is -2.46. The predicted molar refractivity (Wildman–Crippen MR) is 110 cm³/mol. The molecule has 1 N–H and O–H groups in total. The summed E-state index contributed by atoms with van der Waals surface area (Å²) in [7, 11) is 5.07. The summed E-state index contributed by atoms with van der Waals surface area (Å²) in [5.74, 6) is 2.95. The fourth-order valence-corrected chi connectivity index (χ4v) is 4.34. The largest absolute Gasteiger partial charge is 0.493 e. The summed E-state index contributed by atoms with van der Waals surface area (Å²) in [4.78, 5) is 2.62. The van der Waals surface area contributed by atoms with Crippen LogP contribution in [0.25, 0.3) is 0 Å². The zero-order chi connectivity index (χ0) is 16.9. The molecule has 3 rings (SSSR count). The Labute approximate surface area is 169 Å². The highest BCUT2D eigenvalue weighted by molar-refractivity contribution is 5.85. The zero-order valence-electron chi connectivity index (χ0n) is 16.0. The second-order valence-corrected chi connectivity index (χ2v) is 6.70. The van der Waals surface area contributed by atoms with Crippen LogP contribution in [0.3, 0.4) is 0 Å². The summed E-state index contributed by atoms with van der Waals surface area (Å²) in [6.45, 7) is 4.27. The van der Waals surface area contributed by atoms with Crippen LogP contribution in [0.5, 0.6) is 17.2 Å². The Bertz CT molecular complexity index is 548. The molecule has 0 amide bonds. The van der Waals surface area contributed by atoms with E-state index in [0.29, 0.717) is 17.7 Å². The fourth-order valence-electron chi connectivity index (χ4n) is 4.34. The molecule has 150 valence electrons. The molecule has 0 aromatic heterocycles. The molecule has 1 atom stereocenters. The first-order chi connectivity index (χ1) is 11.8. The van der Waals surface area contributed by atoms with Crippen LogP contribution in [0.15, 0.2) is 12.1 Å². The van der Waals surface area contributed by atoms with Gasteiger partial charge in [-0.1, -0.05) is 12.8 Å². The molecule has 7 heteroatoms. The van der Waals surface area contributed by atoms with Crippen LogP contribution in [0.2, 0.25) is 0 Å². The topological polar surface area (TPSA) is 43.0 Å². The van der Waals surface area contributed by atoms with Gasteiger partial charge in [-0.3, -0.25) is 4.90 Å². The second kappa shape index (κ2) is 11.1. The molecular formula is C19H32Cl2N2O3. The Hall–Kier alpha value is -0.880. The van der Waals surface area contributed by atoms with E-state index in [0.717, 1.165) is 37.7 Å². The van der Waals surface area contributed by atoms with Gasteiger partial charge in [-0.25, -0.2) is 0 Å². The third-order valence-electron chi connectivity index (χ3n) is 5.44. The zero-order valence-corrected chi connectivity index (χ0v) is 17.6. The Kier molecular flexibility index (Phi) is 9.86. The van der Waals surface area contributed by atoms with Crippen LogP contribution in [0, 0.1) is 5.92 Å². The van der Waals surface area contributed by atoms with Crippen LogP contribution in [-0.2, 0) is 0 Å². The summed E-state index contributed by atoms with van der Waals surface area (Å²) >= 11 is 0. The number of hydrogen-bond donors (Lipinski definition) is 1. The van der Waals surface area contributed by atoms with Crippen molar-refractivity contribution in [1.29, 1.82) is 0 Å². The lowest BCUT2D eigenvalue weighted by atomic mass is 9.88. The highest BCUT2D eigenvalue weighted by Crippen LogP contribution is 2.48. The molecule has 0 unspecified atom stereocenters. The minimum Gasteiger partial charge on any atom is -0.493 e. The molecule has 1 aromatic rings. The normalized spacial score (nSPS) is 19.2. The highest BCUT2D eigenvalue weighted by atomic mass is 35.5. The first-order valence-corrected chi connectivity index (χ1v) is 9.03. The molecule has 0 bridgehead atoms. The predicted octanol–water partition coefficient (Wildman–Crippen LogP) is 3.69. The van der Waals surface area contributed by atoms with Crippen LogP contribution in [-0.4, -0.2) is 52.4 Å². The number of halogens is 2. The SMILES string of the molecule is COc1ccc([C@@H](C2CCCC2)N2CCNCC2)c(OC)c1OC.Cl.Cl. The summed E-state index contributed by atoms with van der Waals surface area (Å²) in [6, 6.07) is 4.58. The van der Waals surface area contributed by atoms with E-state index in [1.807, 2.05) is 6.07 Å². The third-order valence-corrected chi connectivity index (χ3v) is 5.44. The van der Waals surface area contributed by atoms with Gasteiger partial charge >= 0.3 is 0 Å². The quantitative estimate of drug-likeness (QED) is 0.779. The average molecular weight is 407 g/mol. The molecule has 1 aliphatic carbocycles. The molecule has 1 aliphatic heterocycles. The van der Waals surface area contributed by atoms with E-state index in [2.05, 4.69) is 16.3 Å². The maximum absolute atomic E-state index is 5.79. The van der Waals surface area contributed by atoms with Gasteiger partial charge in [0.1, 0.15) is 0 Å². The van der Waals surface area contributed by atoms with Crippen molar-refractivity contribution in [2.24, 2.45) is 5.92 Å². The van der Waals surface area contributed by atoms with Gasteiger partial charge in [-0.2, -0.15) is 0 Å². The van der Waals surface area contributed by atoms with E-state index < -0.39 is 0 Å². The maximum Gasteiger partial charge on any atom is 0.203 e. The highest BCUT2D eigenvalue weighted by Gasteiger charge is 2.35. The van der Waals surface area contributed by atoms with Gasteiger partial charge in [0.05, 0.1) is 21.3 Å². The summed E-state index contributed by atoms with van der Waals surface area (Å²) in [5, 5.41) is 3.46. The van der Waals surface area contributed by atoms with Crippen molar-refractivity contribution in [3.05, 3.63) is 17.7 Å². The van der Waals surface area contributed by atoms with Crippen LogP contribution >= 0.6 is 24.8 Å². The molecule has 26 heavy (non-hydrogen) atoms. The molecular weight excluding hydrogens is 375 g/mol. The van der Waals surface area contributed by atoms with E-state index in [1.165, 1.54) is 31.2 Å². The van der Waals surface area contributed by atoms with Crippen molar-refractivity contribution in [1.82, 2.24) is 10.2 Å². The smallest absolute Gasteiger partial charge is 0.203 e. The summed E-state index contributed by atoms with van der Waals surface area (Å²) in [6.07, 6.45) is 5.27. The minimum absolute atomic E-state index is 0. The molecule has 1 saturated heterocycles. The van der Waals surface area contributed by atoms with Crippen molar-refractivity contribution < 1.29 is 14.2 Å². The molecule has 0 spiro atoms. The van der Waals surface area contributed by atoms with Crippen LogP contribution < -0.4 is 19.5 Å². The number of ether oxygens (including phenoxy) is 3. The number of nitrogens with zero attached hydrogens (tertiary/aromatic N) is 1. The minimum atomic E-state index is 0. The van der Waals surface area contributed by atoms with Gasteiger partial charge in [0.2, 0.25) is 5.75 Å². The molecule has 0 radical (unpaired) electrons. The number of hydrogen-bond acceptors (Lipinski definition) is 5. The molecule has 2 aliphatic rings. The average Bonchev–Trinajstić information content (AvgIpc) is 3.16. The van der Waals surface area contributed by atoms with Gasteiger partial charge in [-0.15, -0.1) is 24.8 Å². The van der Waals surface area contributed by atoms with E-state index in [4.69, 9.17) is 14.2 Å². The number of piperazine rings is 1. The standard InChI is InChI=1S/C19H30N2O3.2ClH/c1-22-16-9-8-15(18(23-2)19(16)24-3)17(14-6-4-5-7-14)21-12-10-20-11-13-21;;/h8-9,14,17,20H,4-7,10-13H2,1-3H3;2*1H/t17-;;/m1../s1. The summed E-state index contributed by atoms with van der Waals surface area (Å²) in [5.41, 5.74) is 1.24. The van der Waals surface area contributed by atoms with Gasteiger partial charge in [0.25, 0.3) is 0 Å². The first kappa shape index (κ1) is 23.2. The van der Waals surface area contributed by atoms with Crippen LogP contribution in [0.1, 0.15) is 37.3 Å². The fraction of sp³-hybridized carbons (Fsp3) is 0.684. The van der Waals surface area contributed by atoms with Crippen molar-refractivity contribution in [2.75, 3.05) is 47.5 Å². The Balaban J connectivity index is 0.00000169. The maximum atomic E-state index is 5.79. The molecule has 2 fully saturated rings. The lowest BCUT2D eigenvalue weighted by Gasteiger charge is -2.39. The van der Waals surface area contributed by atoms with Gasteiger partial charge in [0, 0.05) is 37.8 Å². The van der Waals surface area contributed by atoms with E-state index in [9.17, 15) is 0 Å². The Morgan fingerprint density at radius 3 is 2.08 bits per heavy atom. The van der Waals surface area contributed by atoms with E-state index in [1.54, 1.807) is 21.3 Å². The van der Waals surface area contributed by atoms with Crippen molar-refractivity contribution in [3.8, 4) is 17.2 Å².